The predicted molar refractivity (Wildman–Crippen MR) is 27.5 cm³/mol. The van der Waals surface area contributed by atoms with Gasteiger partial charge in [-0.25, -0.2) is 0 Å². The van der Waals surface area contributed by atoms with Gasteiger partial charge in [-0.3, -0.25) is 0 Å². The van der Waals surface area contributed by atoms with E-state index >= 15 is 0 Å². The Labute approximate surface area is 61.6 Å². The second kappa shape index (κ2) is 3.65. The first-order valence-corrected chi connectivity index (χ1v) is 6.85. The maximum atomic E-state index is 10.5. The van der Waals surface area contributed by atoms with Crippen molar-refractivity contribution < 1.29 is 25.8 Å². The average Bonchev–Trinajstić information content (AvgIpc) is 1.90. The molecule has 1 nitrogen and oxygen atoms in total. The van der Waals surface area contributed by atoms with Gasteiger partial charge in [-0.15, -0.1) is 0 Å². The Kier molecular flexibility index (Phi) is 3.10. The van der Waals surface area contributed by atoms with Crippen molar-refractivity contribution >= 4 is 0 Å². The Morgan fingerprint density at radius 2 is 1.75 bits per heavy atom. The zero-order chi connectivity index (χ0) is 5.82. The van der Waals surface area contributed by atoms with Crippen LogP contribution in [0.3, 0.4) is 0 Å². The van der Waals surface area contributed by atoms with Gasteiger partial charge in [0.05, 0.1) is 0 Å². The summed E-state index contributed by atoms with van der Waals surface area (Å²) in [7, 11) is 0. The van der Waals surface area contributed by atoms with Crippen molar-refractivity contribution in [1.29, 1.82) is 0 Å². The van der Waals surface area contributed by atoms with Gasteiger partial charge in [-0.1, -0.05) is 0 Å². The van der Waals surface area contributed by atoms with E-state index in [4.69, 9.17) is 0 Å². The average molecular weight is 278 g/mol. The second-order valence-electron chi connectivity index (χ2n) is 2.45. The van der Waals surface area contributed by atoms with Crippen LogP contribution in [0.2, 0.25) is 3.67 Å². The van der Waals surface area contributed by atoms with Crippen LogP contribution in [-0.4, -0.2) is 0 Å². The third kappa shape index (κ3) is 1.88. The van der Waals surface area contributed by atoms with Gasteiger partial charge in [0, 0.05) is 0 Å². The molecule has 2 heteroatoms. The Hall–Kier alpha value is 0.670. The van der Waals surface area contributed by atoms with Gasteiger partial charge < -0.3 is 0 Å². The molecule has 0 aromatic heterocycles. The number of hydrogen-bond donors (Lipinski definition) is 0. The standard InChI is InChI=1S/C6H11.Hf.O/c1-2-4-6-5-3-1;;/h1H,2-6H2;;. The van der Waals surface area contributed by atoms with Crippen LogP contribution in [0.25, 0.3) is 0 Å². The van der Waals surface area contributed by atoms with Crippen LogP contribution in [0.5, 0.6) is 0 Å². The summed E-state index contributed by atoms with van der Waals surface area (Å²) in [5.74, 6) is 0. The van der Waals surface area contributed by atoms with Gasteiger partial charge >= 0.3 is 61.5 Å². The van der Waals surface area contributed by atoms with Crippen molar-refractivity contribution in [3.05, 3.63) is 0 Å². The summed E-state index contributed by atoms with van der Waals surface area (Å²) in [5.41, 5.74) is 0. The summed E-state index contributed by atoms with van der Waals surface area (Å²) in [6, 6.07) is 0. The first-order valence-electron chi connectivity index (χ1n) is 3.31. The Bertz CT molecular complexity index is 76.6. The van der Waals surface area contributed by atoms with E-state index < -0.39 is 22.9 Å². The van der Waals surface area contributed by atoms with Gasteiger partial charge in [-0.05, 0) is 0 Å². The molecular formula is C6H11HfO. The van der Waals surface area contributed by atoms with E-state index in [1.165, 1.54) is 32.1 Å². The van der Waals surface area contributed by atoms with Crippen LogP contribution in [-0.2, 0) is 25.8 Å². The molecule has 1 saturated carbocycles. The van der Waals surface area contributed by atoms with Crippen molar-refractivity contribution in [3.63, 3.8) is 0 Å². The van der Waals surface area contributed by atoms with Crippen molar-refractivity contribution in [2.75, 3.05) is 0 Å². The van der Waals surface area contributed by atoms with Gasteiger partial charge in [0.15, 0.2) is 0 Å². The summed E-state index contributed by atoms with van der Waals surface area (Å²) in [6.07, 6.45) is 6.65. The Balaban J connectivity index is 2.22. The van der Waals surface area contributed by atoms with E-state index in [0.29, 0.717) is 0 Å². The molecule has 0 unspecified atom stereocenters. The van der Waals surface area contributed by atoms with Gasteiger partial charge in [-0.2, -0.15) is 0 Å². The Morgan fingerprint density at radius 3 is 2.12 bits per heavy atom. The fourth-order valence-corrected chi connectivity index (χ4v) is 3.53. The minimum absolute atomic E-state index is 0.726. The summed E-state index contributed by atoms with van der Waals surface area (Å²) in [6.45, 7) is 0. The molecule has 1 rings (SSSR count). The third-order valence-corrected chi connectivity index (χ3v) is 5.04. The van der Waals surface area contributed by atoms with E-state index in [1.807, 2.05) is 0 Å². The van der Waals surface area contributed by atoms with E-state index in [0.717, 1.165) is 3.67 Å². The molecule has 0 atom stereocenters. The molecule has 0 radical (unpaired) electrons. The molecule has 1 fully saturated rings. The van der Waals surface area contributed by atoms with Crippen LogP contribution in [0.4, 0.5) is 0 Å². The molecule has 0 amide bonds. The van der Waals surface area contributed by atoms with Crippen molar-refractivity contribution in [1.82, 2.24) is 0 Å². The summed E-state index contributed by atoms with van der Waals surface area (Å²) < 4.78 is 11.2. The third-order valence-electron chi connectivity index (χ3n) is 1.77. The summed E-state index contributed by atoms with van der Waals surface area (Å²) in [4.78, 5) is 0. The van der Waals surface area contributed by atoms with E-state index in [-0.39, 0.29) is 0 Å². The first kappa shape index (κ1) is 6.79. The molecule has 0 spiro atoms. The fraction of sp³-hybridized carbons (Fsp3) is 1.00. The number of hydrogen-bond acceptors (Lipinski definition) is 1. The van der Waals surface area contributed by atoms with Crippen LogP contribution in [0, 0.1) is 0 Å². The molecule has 1 aliphatic carbocycles. The monoisotopic (exact) mass is 279 g/mol. The predicted octanol–water partition coefficient (Wildman–Crippen LogP) is 2.17. The van der Waals surface area contributed by atoms with Crippen molar-refractivity contribution in [2.24, 2.45) is 0 Å². The number of rotatable bonds is 1. The van der Waals surface area contributed by atoms with Gasteiger partial charge in [0.1, 0.15) is 0 Å². The topological polar surface area (TPSA) is 17.1 Å². The Morgan fingerprint density at radius 1 is 1.12 bits per heavy atom. The van der Waals surface area contributed by atoms with E-state index in [1.54, 1.807) is 0 Å². The zero-order valence-corrected chi connectivity index (χ0v) is 8.61. The fourth-order valence-electron chi connectivity index (χ4n) is 1.22. The molecule has 0 aliphatic heterocycles. The first-order chi connectivity index (χ1) is 3.93. The molecular weight excluding hydrogens is 267 g/mol. The van der Waals surface area contributed by atoms with Crippen LogP contribution in [0.15, 0.2) is 0 Å². The zero-order valence-electron chi connectivity index (χ0n) is 5.02. The molecule has 1 aliphatic rings. The maximum absolute atomic E-state index is 10.5. The van der Waals surface area contributed by atoms with Crippen LogP contribution in [0.1, 0.15) is 32.1 Å². The molecule has 0 saturated heterocycles. The van der Waals surface area contributed by atoms with Crippen molar-refractivity contribution in [2.45, 2.75) is 35.8 Å². The summed E-state index contributed by atoms with van der Waals surface area (Å²) >= 11 is -1.30. The molecule has 0 aromatic rings. The molecule has 45 valence electrons. The summed E-state index contributed by atoms with van der Waals surface area (Å²) in [5, 5.41) is 0. The van der Waals surface area contributed by atoms with E-state index in [2.05, 4.69) is 0 Å². The second-order valence-corrected chi connectivity index (χ2v) is 6.23. The SMILES string of the molecule is [O]=[Hf][CH]1CCCCC1. The van der Waals surface area contributed by atoms with Gasteiger partial charge in [0.25, 0.3) is 0 Å². The van der Waals surface area contributed by atoms with Gasteiger partial charge in [0.2, 0.25) is 0 Å². The normalized spacial score (nSPS) is 22.5. The molecule has 0 bridgehead atoms. The molecule has 0 N–H and O–H groups in total. The van der Waals surface area contributed by atoms with Crippen LogP contribution >= 0.6 is 0 Å². The molecule has 8 heavy (non-hydrogen) atoms. The van der Waals surface area contributed by atoms with Crippen LogP contribution < -0.4 is 0 Å². The molecule has 0 heterocycles. The quantitative estimate of drug-likeness (QED) is 0.672. The van der Waals surface area contributed by atoms with E-state index in [9.17, 15) is 2.85 Å². The molecule has 0 aromatic carbocycles. The minimum atomic E-state index is -1.30. The van der Waals surface area contributed by atoms with Crippen molar-refractivity contribution in [3.8, 4) is 0 Å².